The van der Waals surface area contributed by atoms with E-state index in [1.165, 1.54) is 0 Å². The molecule has 0 bridgehead atoms. The monoisotopic (exact) mass is 403 g/mol. The molecule has 0 radical (unpaired) electrons. The van der Waals surface area contributed by atoms with E-state index in [-0.39, 0.29) is 34.4 Å². The second kappa shape index (κ2) is 7.00. The molecule has 2 heterocycles. The lowest BCUT2D eigenvalue weighted by Gasteiger charge is -2.16. The van der Waals surface area contributed by atoms with Gasteiger partial charge in [-0.15, -0.1) is 0 Å². The maximum atomic E-state index is 14.8. The number of aromatic nitrogens is 2. The van der Waals surface area contributed by atoms with E-state index in [0.717, 1.165) is 29.0 Å². The summed E-state index contributed by atoms with van der Waals surface area (Å²) in [5.74, 6) is -4.38. The Morgan fingerprint density at radius 1 is 1.17 bits per heavy atom. The van der Waals surface area contributed by atoms with Crippen LogP contribution in [0.5, 0.6) is 0 Å². The van der Waals surface area contributed by atoms with Gasteiger partial charge in [-0.25, -0.2) is 22.9 Å². The molecule has 0 saturated heterocycles. The summed E-state index contributed by atoms with van der Waals surface area (Å²) in [7, 11) is 0. The standard InChI is InChI=1S/C20H16F3N3O3/c21-10-2-4-16(14(22)6-10)26-8-13(20(28)29)18(27)12-7-15(23)17(25-19(12)26)9-1-3-11(24)5-9/h2,4,6-9,11H,1,3,5,24H2,(H,28,29). The zero-order chi connectivity index (χ0) is 20.9. The topological polar surface area (TPSA) is 98.2 Å². The van der Waals surface area contributed by atoms with Crippen LogP contribution >= 0.6 is 0 Å². The first-order valence-corrected chi connectivity index (χ1v) is 8.96. The molecule has 1 aliphatic rings. The van der Waals surface area contributed by atoms with Gasteiger partial charge >= 0.3 is 5.97 Å². The van der Waals surface area contributed by atoms with E-state index in [9.17, 15) is 27.9 Å². The maximum Gasteiger partial charge on any atom is 0.341 e. The number of rotatable bonds is 3. The van der Waals surface area contributed by atoms with Gasteiger partial charge in [-0.3, -0.25) is 9.36 Å². The first-order chi connectivity index (χ1) is 13.8. The number of nitrogens with two attached hydrogens (primary N) is 1. The van der Waals surface area contributed by atoms with Crippen LogP contribution in [0.3, 0.4) is 0 Å². The normalized spacial score (nSPS) is 19.0. The summed E-state index contributed by atoms with van der Waals surface area (Å²) < 4.78 is 43.6. The number of pyridine rings is 2. The largest absolute Gasteiger partial charge is 0.477 e. The number of halogens is 3. The van der Waals surface area contributed by atoms with Crippen molar-refractivity contribution in [3.05, 3.63) is 69.4 Å². The highest BCUT2D eigenvalue weighted by Crippen LogP contribution is 2.35. The van der Waals surface area contributed by atoms with E-state index in [1.807, 2.05) is 0 Å². The van der Waals surface area contributed by atoms with Gasteiger partial charge in [0, 0.05) is 24.2 Å². The number of hydrogen-bond acceptors (Lipinski definition) is 4. The number of benzene rings is 1. The van der Waals surface area contributed by atoms with E-state index >= 15 is 0 Å². The highest BCUT2D eigenvalue weighted by atomic mass is 19.1. The minimum absolute atomic E-state index is 0.0872. The summed E-state index contributed by atoms with van der Waals surface area (Å²) in [6.07, 6.45) is 2.73. The van der Waals surface area contributed by atoms with Gasteiger partial charge in [-0.05, 0) is 37.5 Å². The minimum Gasteiger partial charge on any atom is -0.477 e. The summed E-state index contributed by atoms with van der Waals surface area (Å²) in [6.45, 7) is 0. The van der Waals surface area contributed by atoms with E-state index < -0.39 is 34.4 Å². The number of carboxylic acids is 1. The quantitative estimate of drug-likeness (QED) is 0.700. The molecule has 4 rings (SSSR count). The van der Waals surface area contributed by atoms with Crippen molar-refractivity contribution < 1.29 is 23.1 Å². The van der Waals surface area contributed by atoms with E-state index in [1.54, 1.807) is 0 Å². The number of aromatic carboxylic acids is 1. The predicted octanol–water partition coefficient (Wildman–Crippen LogP) is 3.10. The van der Waals surface area contributed by atoms with Crippen LogP contribution in [0.4, 0.5) is 13.2 Å². The summed E-state index contributed by atoms with van der Waals surface area (Å²) in [6, 6.07) is 3.54. The second-order valence-electron chi connectivity index (χ2n) is 7.14. The molecule has 0 aliphatic heterocycles. The van der Waals surface area contributed by atoms with Gasteiger partial charge in [-0.1, -0.05) is 0 Å². The predicted molar refractivity (Wildman–Crippen MR) is 98.7 cm³/mol. The highest BCUT2D eigenvalue weighted by molar-refractivity contribution is 5.92. The average Bonchev–Trinajstić information content (AvgIpc) is 3.08. The van der Waals surface area contributed by atoms with Gasteiger partial charge in [0.2, 0.25) is 5.43 Å². The molecular formula is C20H16F3N3O3. The molecule has 1 aliphatic carbocycles. The van der Waals surface area contributed by atoms with Crippen LogP contribution in [0.15, 0.2) is 35.3 Å². The molecule has 1 aromatic carbocycles. The third-order valence-corrected chi connectivity index (χ3v) is 5.22. The fourth-order valence-corrected chi connectivity index (χ4v) is 3.80. The van der Waals surface area contributed by atoms with Crippen LogP contribution in [0, 0.1) is 17.5 Å². The Labute approximate surface area is 162 Å². The van der Waals surface area contributed by atoms with Gasteiger partial charge < -0.3 is 10.8 Å². The summed E-state index contributed by atoms with van der Waals surface area (Å²) >= 11 is 0. The Morgan fingerprint density at radius 2 is 1.93 bits per heavy atom. The number of nitrogens with zero attached hydrogens (tertiary/aromatic N) is 2. The molecule has 6 nitrogen and oxygen atoms in total. The maximum absolute atomic E-state index is 14.8. The zero-order valence-corrected chi connectivity index (χ0v) is 15.0. The van der Waals surface area contributed by atoms with Crippen LogP contribution in [-0.4, -0.2) is 26.7 Å². The van der Waals surface area contributed by atoms with Gasteiger partial charge in [0.15, 0.2) is 0 Å². The summed E-state index contributed by atoms with van der Waals surface area (Å²) in [4.78, 5) is 28.3. The first kappa shape index (κ1) is 19.1. The van der Waals surface area contributed by atoms with Gasteiger partial charge in [0.1, 0.15) is 28.7 Å². The van der Waals surface area contributed by atoms with Crippen molar-refractivity contribution in [3.8, 4) is 5.69 Å². The number of carbonyl (C=O) groups is 1. The molecular weight excluding hydrogens is 387 g/mol. The van der Waals surface area contributed by atoms with Crippen LogP contribution in [0.1, 0.15) is 41.2 Å². The molecule has 9 heteroatoms. The molecule has 1 fully saturated rings. The van der Waals surface area contributed by atoms with Crippen molar-refractivity contribution in [2.45, 2.75) is 31.2 Å². The molecule has 2 aromatic heterocycles. The van der Waals surface area contributed by atoms with Gasteiger partial charge in [0.25, 0.3) is 0 Å². The van der Waals surface area contributed by atoms with Crippen molar-refractivity contribution in [3.63, 3.8) is 0 Å². The minimum atomic E-state index is -1.56. The van der Waals surface area contributed by atoms with E-state index in [0.29, 0.717) is 25.3 Å². The molecule has 29 heavy (non-hydrogen) atoms. The lowest BCUT2D eigenvalue weighted by Crippen LogP contribution is -2.21. The fraction of sp³-hybridized carbons (Fsp3) is 0.250. The SMILES string of the molecule is NC1CCC(c2nc3c(cc2F)c(=O)c(C(=O)O)cn3-c2ccc(F)cc2F)C1. The highest BCUT2D eigenvalue weighted by Gasteiger charge is 2.28. The Hall–Kier alpha value is -3.20. The van der Waals surface area contributed by atoms with E-state index in [4.69, 9.17) is 5.73 Å². The first-order valence-electron chi connectivity index (χ1n) is 8.96. The Kier molecular flexibility index (Phi) is 4.62. The molecule has 2 unspecified atom stereocenters. The van der Waals surface area contributed by atoms with Crippen LogP contribution in [0.2, 0.25) is 0 Å². The van der Waals surface area contributed by atoms with Crippen molar-refractivity contribution in [1.29, 1.82) is 0 Å². The molecule has 1 saturated carbocycles. The Morgan fingerprint density at radius 3 is 2.55 bits per heavy atom. The molecule has 150 valence electrons. The van der Waals surface area contributed by atoms with Crippen LogP contribution in [-0.2, 0) is 0 Å². The third kappa shape index (κ3) is 3.27. The van der Waals surface area contributed by atoms with Crippen molar-refractivity contribution in [2.24, 2.45) is 5.73 Å². The van der Waals surface area contributed by atoms with E-state index in [2.05, 4.69) is 4.98 Å². The van der Waals surface area contributed by atoms with Crippen LogP contribution < -0.4 is 11.2 Å². The zero-order valence-electron chi connectivity index (χ0n) is 15.0. The third-order valence-electron chi connectivity index (χ3n) is 5.22. The molecule has 2 atom stereocenters. The Balaban J connectivity index is 2.05. The van der Waals surface area contributed by atoms with Crippen molar-refractivity contribution in [2.75, 3.05) is 0 Å². The molecule has 3 aromatic rings. The lowest BCUT2D eigenvalue weighted by atomic mass is 10.0. The smallest absolute Gasteiger partial charge is 0.341 e. The number of fused-ring (bicyclic) bond motifs is 1. The summed E-state index contributed by atoms with van der Waals surface area (Å²) in [5, 5.41) is 9.03. The number of carboxylic acid groups (broad SMARTS) is 1. The fourth-order valence-electron chi connectivity index (χ4n) is 3.80. The van der Waals surface area contributed by atoms with Crippen LogP contribution in [0.25, 0.3) is 16.7 Å². The molecule has 0 spiro atoms. The van der Waals surface area contributed by atoms with Crippen molar-refractivity contribution in [1.82, 2.24) is 9.55 Å². The molecule has 0 amide bonds. The summed E-state index contributed by atoms with van der Waals surface area (Å²) in [5.41, 5.74) is 4.04. The van der Waals surface area contributed by atoms with Gasteiger partial charge in [0.05, 0.1) is 16.8 Å². The lowest BCUT2D eigenvalue weighted by molar-refractivity contribution is 0.0695. The number of hydrogen-bond donors (Lipinski definition) is 2. The van der Waals surface area contributed by atoms with Crippen molar-refractivity contribution >= 4 is 17.0 Å². The average molecular weight is 403 g/mol. The Bertz CT molecular complexity index is 1210. The van der Waals surface area contributed by atoms with Gasteiger partial charge in [-0.2, -0.15) is 0 Å². The molecule has 3 N–H and O–H groups in total. The second-order valence-corrected chi connectivity index (χ2v) is 7.14.